The van der Waals surface area contributed by atoms with Gasteiger partial charge in [-0.15, -0.1) is 0 Å². The van der Waals surface area contributed by atoms with Crippen molar-refractivity contribution in [2.24, 2.45) is 0 Å². The van der Waals surface area contributed by atoms with Gasteiger partial charge in [-0.2, -0.15) is 0 Å². The summed E-state index contributed by atoms with van der Waals surface area (Å²) >= 11 is 1.41. The van der Waals surface area contributed by atoms with Gasteiger partial charge >= 0.3 is 0 Å². The highest BCUT2D eigenvalue weighted by Gasteiger charge is 2.17. The van der Waals surface area contributed by atoms with Gasteiger partial charge in [-0.1, -0.05) is 24.7 Å². The maximum Gasteiger partial charge on any atom is 0.253 e. The smallest absolute Gasteiger partial charge is 0.253 e. The average Bonchev–Trinajstić information content (AvgIpc) is 2.76. The molecule has 1 aromatic carbocycles. The predicted octanol–water partition coefficient (Wildman–Crippen LogP) is 3.14. The van der Waals surface area contributed by atoms with Crippen molar-refractivity contribution in [3.63, 3.8) is 0 Å². The minimum atomic E-state index is 0.0508. The maximum absolute atomic E-state index is 12.4. The lowest BCUT2D eigenvalue weighted by molar-refractivity contribution is 0.0737. The third kappa shape index (κ3) is 2.87. The van der Waals surface area contributed by atoms with E-state index < -0.39 is 0 Å². The Morgan fingerprint density at radius 1 is 1.53 bits per heavy atom. The van der Waals surface area contributed by atoms with Crippen LogP contribution >= 0.6 is 11.3 Å². The topological polar surface area (TPSA) is 59.2 Å². The summed E-state index contributed by atoms with van der Waals surface area (Å²) in [5.41, 5.74) is 7.22. The summed E-state index contributed by atoms with van der Waals surface area (Å²) in [5.74, 6) is 0.0508. The Balaban J connectivity index is 2.25. The number of nitrogens with zero attached hydrogens (tertiary/aromatic N) is 2. The van der Waals surface area contributed by atoms with E-state index in [0.717, 1.165) is 23.1 Å². The van der Waals surface area contributed by atoms with Crippen LogP contribution in [0.15, 0.2) is 18.2 Å². The molecule has 102 valence electrons. The van der Waals surface area contributed by atoms with Crippen LogP contribution in [0.1, 0.15) is 37.0 Å². The number of thiazole rings is 1. The molecule has 1 aromatic heterocycles. The number of nitrogen functional groups attached to an aromatic ring is 1. The van der Waals surface area contributed by atoms with Crippen LogP contribution in [-0.4, -0.2) is 28.9 Å². The van der Waals surface area contributed by atoms with Gasteiger partial charge < -0.3 is 10.6 Å². The van der Waals surface area contributed by atoms with Gasteiger partial charge in [-0.25, -0.2) is 4.98 Å². The molecule has 1 amide bonds. The van der Waals surface area contributed by atoms with Crippen LogP contribution in [0.3, 0.4) is 0 Å². The molecule has 0 spiro atoms. The molecule has 1 unspecified atom stereocenters. The molecule has 0 fully saturated rings. The highest BCUT2D eigenvalue weighted by molar-refractivity contribution is 7.22. The van der Waals surface area contributed by atoms with Gasteiger partial charge in [0.1, 0.15) is 0 Å². The van der Waals surface area contributed by atoms with Crippen molar-refractivity contribution < 1.29 is 4.79 Å². The average molecular weight is 277 g/mol. The first kappa shape index (κ1) is 13.8. The molecule has 0 aliphatic heterocycles. The van der Waals surface area contributed by atoms with Crippen molar-refractivity contribution in [2.45, 2.75) is 32.7 Å². The molecule has 2 aromatic rings. The van der Waals surface area contributed by atoms with Crippen LogP contribution < -0.4 is 5.73 Å². The third-order valence-corrected chi connectivity index (χ3v) is 4.19. The predicted molar refractivity (Wildman–Crippen MR) is 80.5 cm³/mol. The largest absolute Gasteiger partial charge is 0.375 e. The highest BCUT2D eigenvalue weighted by atomic mass is 32.1. The fraction of sp³-hybridized carbons (Fsp3) is 0.429. The van der Waals surface area contributed by atoms with Crippen molar-refractivity contribution in [3.8, 4) is 0 Å². The quantitative estimate of drug-likeness (QED) is 0.934. The lowest BCUT2D eigenvalue weighted by atomic mass is 10.1. The van der Waals surface area contributed by atoms with Gasteiger partial charge in [0.25, 0.3) is 5.91 Å². The van der Waals surface area contributed by atoms with Gasteiger partial charge in [-0.05, 0) is 31.5 Å². The zero-order chi connectivity index (χ0) is 14.0. The number of rotatable bonds is 4. The summed E-state index contributed by atoms with van der Waals surface area (Å²) in [6.07, 6.45) is 2.08. The fourth-order valence-corrected chi connectivity index (χ4v) is 2.86. The molecule has 0 radical (unpaired) electrons. The number of amides is 1. The van der Waals surface area contributed by atoms with E-state index >= 15 is 0 Å². The van der Waals surface area contributed by atoms with Crippen LogP contribution in [0.4, 0.5) is 5.13 Å². The van der Waals surface area contributed by atoms with Gasteiger partial charge in [0, 0.05) is 18.7 Å². The van der Waals surface area contributed by atoms with Crippen LogP contribution in [-0.2, 0) is 0 Å². The van der Waals surface area contributed by atoms with Gasteiger partial charge in [0.2, 0.25) is 0 Å². The zero-order valence-electron chi connectivity index (χ0n) is 11.5. The van der Waals surface area contributed by atoms with Crippen LogP contribution in [0, 0.1) is 0 Å². The van der Waals surface area contributed by atoms with Crippen LogP contribution in [0.25, 0.3) is 10.2 Å². The first-order valence-corrected chi connectivity index (χ1v) is 7.27. The van der Waals surface area contributed by atoms with Crippen molar-refractivity contribution in [1.82, 2.24) is 9.88 Å². The molecule has 2 N–H and O–H groups in total. The second kappa shape index (κ2) is 5.57. The third-order valence-electron chi connectivity index (χ3n) is 3.34. The first-order chi connectivity index (χ1) is 9.02. The number of hydrogen-bond donors (Lipinski definition) is 1. The summed E-state index contributed by atoms with van der Waals surface area (Å²) in [6, 6.07) is 5.80. The van der Waals surface area contributed by atoms with Gasteiger partial charge in [0.15, 0.2) is 5.13 Å². The molecule has 4 nitrogen and oxygen atoms in total. The Bertz CT molecular complexity index is 593. The maximum atomic E-state index is 12.4. The molecule has 0 aliphatic carbocycles. The summed E-state index contributed by atoms with van der Waals surface area (Å²) in [5, 5.41) is 0.535. The normalized spacial score (nSPS) is 12.6. The Morgan fingerprint density at radius 2 is 2.26 bits per heavy atom. The van der Waals surface area contributed by atoms with E-state index in [2.05, 4.69) is 18.8 Å². The minimum Gasteiger partial charge on any atom is -0.375 e. The summed E-state index contributed by atoms with van der Waals surface area (Å²) in [4.78, 5) is 18.4. The van der Waals surface area contributed by atoms with E-state index in [1.807, 2.05) is 25.2 Å². The number of carbonyl (C=O) groups is 1. The van der Waals surface area contributed by atoms with Crippen molar-refractivity contribution in [1.29, 1.82) is 0 Å². The molecular weight excluding hydrogens is 258 g/mol. The number of aromatic nitrogens is 1. The second-order valence-electron chi connectivity index (χ2n) is 4.79. The van der Waals surface area contributed by atoms with Crippen molar-refractivity contribution >= 4 is 32.6 Å². The minimum absolute atomic E-state index is 0.0508. The Morgan fingerprint density at radius 3 is 2.95 bits per heavy atom. The Labute approximate surface area is 117 Å². The van der Waals surface area contributed by atoms with Gasteiger partial charge in [0.05, 0.1) is 10.2 Å². The number of hydrogen-bond acceptors (Lipinski definition) is 4. The van der Waals surface area contributed by atoms with Crippen LogP contribution in [0.5, 0.6) is 0 Å². The van der Waals surface area contributed by atoms with Crippen LogP contribution in [0.2, 0.25) is 0 Å². The van der Waals surface area contributed by atoms with E-state index in [0.29, 0.717) is 10.7 Å². The standard InChI is InChI=1S/C14H19N3OS/c1-4-5-9(2)17(3)13(18)10-6-7-11-12(8-10)19-14(15)16-11/h6-9H,4-5H2,1-3H3,(H2,15,16). The van der Waals surface area contributed by atoms with E-state index in [1.165, 1.54) is 11.3 Å². The molecule has 5 heteroatoms. The van der Waals surface area contributed by atoms with E-state index in [9.17, 15) is 4.79 Å². The SMILES string of the molecule is CCCC(C)N(C)C(=O)c1ccc2nc(N)sc2c1. The molecular formula is C14H19N3OS. The highest BCUT2D eigenvalue weighted by Crippen LogP contribution is 2.25. The number of carbonyl (C=O) groups excluding carboxylic acids is 1. The molecule has 2 rings (SSSR count). The molecule has 0 saturated carbocycles. The van der Waals surface area contributed by atoms with E-state index in [1.54, 1.807) is 4.90 Å². The Kier molecular flexibility index (Phi) is 4.04. The van der Waals surface area contributed by atoms with E-state index in [4.69, 9.17) is 5.73 Å². The lowest BCUT2D eigenvalue weighted by Gasteiger charge is -2.24. The Hall–Kier alpha value is -1.62. The number of fused-ring (bicyclic) bond motifs is 1. The van der Waals surface area contributed by atoms with Gasteiger partial charge in [-0.3, -0.25) is 4.79 Å². The molecule has 19 heavy (non-hydrogen) atoms. The van der Waals surface area contributed by atoms with Crippen molar-refractivity contribution in [3.05, 3.63) is 23.8 Å². The molecule has 1 heterocycles. The fourth-order valence-electron chi connectivity index (χ4n) is 2.09. The molecule has 0 bridgehead atoms. The second-order valence-corrected chi connectivity index (χ2v) is 5.85. The number of benzene rings is 1. The lowest BCUT2D eigenvalue weighted by Crippen LogP contribution is -2.34. The van der Waals surface area contributed by atoms with E-state index in [-0.39, 0.29) is 11.9 Å². The summed E-state index contributed by atoms with van der Waals surface area (Å²) in [7, 11) is 1.86. The first-order valence-electron chi connectivity index (χ1n) is 6.46. The molecule has 1 atom stereocenters. The summed E-state index contributed by atoms with van der Waals surface area (Å²) < 4.78 is 0.958. The number of anilines is 1. The number of nitrogens with two attached hydrogens (primary N) is 1. The molecule has 0 aliphatic rings. The monoisotopic (exact) mass is 277 g/mol. The van der Waals surface area contributed by atoms with Crippen molar-refractivity contribution in [2.75, 3.05) is 12.8 Å². The summed E-state index contributed by atoms with van der Waals surface area (Å²) in [6.45, 7) is 4.20. The zero-order valence-corrected chi connectivity index (χ0v) is 12.3. The molecule has 0 saturated heterocycles.